The summed E-state index contributed by atoms with van der Waals surface area (Å²) in [5.41, 5.74) is 3.36. The minimum Gasteiger partial charge on any atom is -0.369 e. The lowest BCUT2D eigenvalue weighted by Crippen LogP contribution is -2.44. The Morgan fingerprint density at radius 2 is 1.82 bits per heavy atom. The number of piperazine rings is 1. The Labute approximate surface area is 200 Å². The van der Waals surface area contributed by atoms with Crippen LogP contribution in [0.2, 0.25) is 0 Å². The zero-order chi connectivity index (χ0) is 23.3. The second-order valence-corrected chi connectivity index (χ2v) is 9.21. The normalized spacial score (nSPS) is 19.4. The van der Waals surface area contributed by atoms with Crippen LogP contribution in [-0.4, -0.2) is 72.1 Å². The Hall–Kier alpha value is -3.23. The molecular weight excluding hydrogens is 429 g/mol. The van der Waals surface area contributed by atoms with Gasteiger partial charge in [-0.25, -0.2) is 9.37 Å². The minimum absolute atomic E-state index is 0.154. The van der Waals surface area contributed by atoms with Gasteiger partial charge in [0.2, 0.25) is 5.95 Å². The predicted octanol–water partition coefficient (Wildman–Crippen LogP) is 3.80. The Kier molecular flexibility index (Phi) is 6.87. The van der Waals surface area contributed by atoms with Crippen LogP contribution in [0.15, 0.2) is 60.8 Å². The van der Waals surface area contributed by atoms with Gasteiger partial charge in [0.1, 0.15) is 0 Å². The molecule has 2 saturated heterocycles. The zero-order valence-electron chi connectivity index (χ0n) is 19.6. The highest BCUT2D eigenvalue weighted by Gasteiger charge is 2.24. The van der Waals surface area contributed by atoms with Crippen molar-refractivity contribution >= 4 is 23.1 Å². The number of hydrogen-bond acceptors (Lipinski definition) is 7. The largest absolute Gasteiger partial charge is 0.369 e. The third-order valence-corrected chi connectivity index (χ3v) is 6.58. The molecule has 2 aliphatic heterocycles. The van der Waals surface area contributed by atoms with Gasteiger partial charge >= 0.3 is 0 Å². The van der Waals surface area contributed by atoms with E-state index in [4.69, 9.17) is 0 Å². The number of benzene rings is 2. The minimum atomic E-state index is -0.432. The lowest BCUT2D eigenvalue weighted by atomic mass is 10.2. The van der Waals surface area contributed by atoms with Crippen molar-refractivity contribution in [2.75, 3.05) is 61.8 Å². The molecule has 34 heavy (non-hydrogen) atoms. The Bertz CT molecular complexity index is 1090. The van der Waals surface area contributed by atoms with Gasteiger partial charge in [-0.2, -0.15) is 4.98 Å². The molecule has 0 radical (unpaired) electrons. The lowest BCUT2D eigenvalue weighted by Gasteiger charge is -2.34. The van der Waals surface area contributed by atoms with Crippen LogP contribution in [0.1, 0.15) is 12.0 Å². The van der Waals surface area contributed by atoms with E-state index in [1.807, 2.05) is 18.2 Å². The molecule has 0 saturated carbocycles. The quantitative estimate of drug-likeness (QED) is 0.555. The molecule has 2 N–H and O–H groups in total. The second-order valence-electron chi connectivity index (χ2n) is 9.21. The summed E-state index contributed by atoms with van der Waals surface area (Å²) >= 11 is 0. The van der Waals surface area contributed by atoms with Crippen LogP contribution in [-0.2, 0) is 6.54 Å². The summed E-state index contributed by atoms with van der Waals surface area (Å²) in [6, 6.07) is 18.8. The van der Waals surface area contributed by atoms with Crippen molar-refractivity contribution < 1.29 is 4.39 Å². The Morgan fingerprint density at radius 3 is 2.65 bits per heavy atom. The molecule has 0 spiro atoms. The summed E-state index contributed by atoms with van der Waals surface area (Å²) in [6.07, 6.45) is 2.19. The number of likely N-dealkylation sites (tertiary alicyclic amines) is 1. The number of anilines is 4. The molecule has 0 aliphatic carbocycles. The summed E-state index contributed by atoms with van der Waals surface area (Å²) < 4.78 is 14.5. The van der Waals surface area contributed by atoms with Crippen LogP contribution in [0.5, 0.6) is 0 Å². The number of likely N-dealkylation sites (N-methyl/N-ethyl adjacent to an activating group) is 1. The first-order chi connectivity index (χ1) is 16.6. The van der Waals surface area contributed by atoms with Crippen molar-refractivity contribution in [2.45, 2.75) is 19.0 Å². The highest BCUT2D eigenvalue weighted by atomic mass is 19.1. The fourth-order valence-electron chi connectivity index (χ4n) is 4.63. The van der Waals surface area contributed by atoms with Gasteiger partial charge in [0.05, 0.1) is 6.20 Å². The molecule has 0 unspecified atom stereocenters. The summed E-state index contributed by atoms with van der Waals surface area (Å²) in [7, 11) is 2.15. The average Bonchev–Trinajstić information content (AvgIpc) is 3.29. The van der Waals surface area contributed by atoms with Crippen molar-refractivity contribution in [3.63, 3.8) is 0 Å². The Morgan fingerprint density at radius 1 is 1.00 bits per heavy atom. The Balaban J connectivity index is 1.21. The van der Waals surface area contributed by atoms with Crippen LogP contribution < -0.4 is 15.5 Å². The van der Waals surface area contributed by atoms with E-state index < -0.39 is 5.82 Å². The van der Waals surface area contributed by atoms with Crippen LogP contribution >= 0.6 is 0 Å². The molecule has 1 atom stereocenters. The SMILES string of the molecule is CN1CCN(c2cccc(Nc3ncc(F)c(N[C@H]4CCN(Cc5ccccc5)C4)n3)c2)CC1. The van der Waals surface area contributed by atoms with E-state index in [-0.39, 0.29) is 11.9 Å². The molecule has 178 valence electrons. The maximum atomic E-state index is 14.5. The maximum Gasteiger partial charge on any atom is 0.229 e. The van der Waals surface area contributed by atoms with E-state index in [1.165, 1.54) is 17.4 Å². The van der Waals surface area contributed by atoms with Gasteiger partial charge in [-0.3, -0.25) is 4.90 Å². The maximum absolute atomic E-state index is 14.5. The first kappa shape index (κ1) is 22.6. The third-order valence-electron chi connectivity index (χ3n) is 6.58. The van der Waals surface area contributed by atoms with E-state index in [9.17, 15) is 4.39 Å². The number of hydrogen-bond donors (Lipinski definition) is 2. The molecule has 3 aromatic rings. The van der Waals surface area contributed by atoms with E-state index >= 15 is 0 Å². The number of aromatic nitrogens is 2. The van der Waals surface area contributed by atoms with Gasteiger partial charge in [-0.1, -0.05) is 36.4 Å². The molecule has 0 bridgehead atoms. The fourth-order valence-corrected chi connectivity index (χ4v) is 4.63. The summed E-state index contributed by atoms with van der Waals surface area (Å²) in [5.74, 6) is 0.205. The molecule has 8 heteroatoms. The van der Waals surface area contributed by atoms with Crippen molar-refractivity contribution in [3.8, 4) is 0 Å². The van der Waals surface area contributed by atoms with Crippen LogP contribution in [0.4, 0.5) is 27.5 Å². The number of nitrogens with one attached hydrogen (secondary N) is 2. The number of nitrogens with zero attached hydrogens (tertiary/aromatic N) is 5. The first-order valence-electron chi connectivity index (χ1n) is 12.0. The van der Waals surface area contributed by atoms with Gasteiger partial charge < -0.3 is 20.4 Å². The van der Waals surface area contributed by atoms with Gasteiger partial charge in [-0.15, -0.1) is 0 Å². The highest BCUT2D eigenvalue weighted by molar-refractivity contribution is 5.63. The van der Waals surface area contributed by atoms with Gasteiger partial charge in [-0.05, 0) is 37.2 Å². The molecule has 5 rings (SSSR count). The predicted molar refractivity (Wildman–Crippen MR) is 135 cm³/mol. The fraction of sp³-hybridized carbons (Fsp3) is 0.385. The molecule has 7 nitrogen and oxygen atoms in total. The van der Waals surface area contributed by atoms with Crippen molar-refractivity contribution in [2.24, 2.45) is 0 Å². The summed E-state index contributed by atoms with van der Waals surface area (Å²) in [4.78, 5) is 15.7. The highest BCUT2D eigenvalue weighted by Crippen LogP contribution is 2.24. The summed E-state index contributed by atoms with van der Waals surface area (Å²) in [6.45, 7) is 6.85. The first-order valence-corrected chi connectivity index (χ1v) is 12.0. The second kappa shape index (κ2) is 10.4. The summed E-state index contributed by atoms with van der Waals surface area (Å²) in [5, 5.41) is 6.55. The number of rotatable bonds is 7. The average molecular weight is 462 g/mol. The molecule has 2 aliphatic rings. The van der Waals surface area contributed by atoms with E-state index in [1.54, 1.807) is 0 Å². The van der Waals surface area contributed by atoms with Gasteiger partial charge in [0.25, 0.3) is 0 Å². The van der Waals surface area contributed by atoms with Crippen LogP contribution in [0.25, 0.3) is 0 Å². The van der Waals surface area contributed by atoms with E-state index in [0.29, 0.717) is 5.95 Å². The third kappa shape index (κ3) is 5.63. The molecule has 3 heterocycles. The van der Waals surface area contributed by atoms with Crippen molar-refractivity contribution in [3.05, 3.63) is 72.2 Å². The monoisotopic (exact) mass is 461 g/mol. The van der Waals surface area contributed by atoms with Crippen molar-refractivity contribution in [1.82, 2.24) is 19.8 Å². The van der Waals surface area contributed by atoms with E-state index in [2.05, 4.69) is 78.7 Å². The van der Waals surface area contributed by atoms with Crippen molar-refractivity contribution in [1.29, 1.82) is 0 Å². The smallest absolute Gasteiger partial charge is 0.229 e. The van der Waals surface area contributed by atoms with Gasteiger partial charge in [0.15, 0.2) is 11.6 Å². The molecule has 0 amide bonds. The lowest BCUT2D eigenvalue weighted by molar-refractivity contribution is 0.313. The molecule has 1 aromatic heterocycles. The molecule has 2 fully saturated rings. The van der Waals surface area contributed by atoms with Gasteiger partial charge in [0, 0.05) is 63.2 Å². The van der Waals surface area contributed by atoms with E-state index in [0.717, 1.165) is 57.9 Å². The van der Waals surface area contributed by atoms with Crippen LogP contribution in [0, 0.1) is 5.82 Å². The zero-order valence-corrected chi connectivity index (χ0v) is 19.6. The van der Waals surface area contributed by atoms with Crippen LogP contribution in [0.3, 0.4) is 0 Å². The topological polar surface area (TPSA) is 59.6 Å². The number of halogens is 1. The standard InChI is InChI=1S/C26H32FN7/c1-32-12-14-34(15-13-32)23-9-5-8-21(16-23)30-26-28-17-24(27)25(31-26)29-22-10-11-33(19-22)18-20-6-3-2-4-7-20/h2-9,16-17,22H,10-15,18-19H2,1H3,(H2,28,29,30,31)/t22-/m0/s1. The molecule has 2 aromatic carbocycles. The molecular formula is C26H32FN7.